The Hall–Kier alpha value is -1.92. The van der Waals surface area contributed by atoms with E-state index in [1.165, 1.54) is 5.56 Å². The third kappa shape index (κ3) is 3.23. The molecule has 0 radical (unpaired) electrons. The van der Waals surface area contributed by atoms with E-state index in [4.69, 9.17) is 0 Å². The standard InChI is InChI=1S/C17H21N5S/c1-14-13-22-16(18-14)23-17(19-22)21-11-9-20(10-12-21)8-7-15-5-3-2-4-6-15/h2-6,13H,7-12H2,1H3. The van der Waals surface area contributed by atoms with E-state index in [2.05, 4.69) is 50.2 Å². The van der Waals surface area contributed by atoms with Gasteiger partial charge in [-0.15, -0.1) is 5.10 Å². The van der Waals surface area contributed by atoms with Gasteiger partial charge in [-0.25, -0.2) is 9.50 Å². The molecule has 3 heterocycles. The molecule has 5 nitrogen and oxygen atoms in total. The fourth-order valence-corrected chi connectivity index (χ4v) is 4.00. The molecular weight excluding hydrogens is 306 g/mol. The zero-order valence-corrected chi connectivity index (χ0v) is 14.2. The third-order valence-electron chi connectivity index (χ3n) is 4.36. The molecule has 1 aliphatic heterocycles. The van der Waals surface area contributed by atoms with Gasteiger partial charge in [0, 0.05) is 32.7 Å². The van der Waals surface area contributed by atoms with Crippen LogP contribution in [0.25, 0.3) is 4.96 Å². The van der Waals surface area contributed by atoms with Crippen LogP contribution in [0.1, 0.15) is 11.3 Å². The minimum Gasteiger partial charge on any atom is -0.344 e. The Bertz CT molecular complexity index is 739. The summed E-state index contributed by atoms with van der Waals surface area (Å²) >= 11 is 1.68. The quantitative estimate of drug-likeness (QED) is 0.738. The number of aromatic nitrogens is 3. The van der Waals surface area contributed by atoms with Gasteiger partial charge in [-0.3, -0.25) is 4.90 Å². The molecule has 0 N–H and O–H groups in total. The molecule has 0 atom stereocenters. The first-order chi connectivity index (χ1) is 11.3. The number of fused-ring (bicyclic) bond motifs is 1. The van der Waals surface area contributed by atoms with Crippen molar-refractivity contribution in [3.63, 3.8) is 0 Å². The van der Waals surface area contributed by atoms with Crippen molar-refractivity contribution in [3.8, 4) is 0 Å². The zero-order valence-electron chi connectivity index (χ0n) is 13.4. The molecule has 1 saturated heterocycles. The highest BCUT2D eigenvalue weighted by Gasteiger charge is 2.20. The van der Waals surface area contributed by atoms with Gasteiger partial charge in [-0.2, -0.15) is 0 Å². The van der Waals surface area contributed by atoms with Gasteiger partial charge in [0.05, 0.1) is 11.9 Å². The van der Waals surface area contributed by atoms with Crippen LogP contribution in [0.3, 0.4) is 0 Å². The molecule has 23 heavy (non-hydrogen) atoms. The number of imidazole rings is 1. The number of hydrogen-bond donors (Lipinski definition) is 0. The van der Waals surface area contributed by atoms with Gasteiger partial charge in [-0.1, -0.05) is 41.7 Å². The normalized spacial score (nSPS) is 16.3. The number of benzene rings is 1. The van der Waals surface area contributed by atoms with Crippen molar-refractivity contribution in [2.45, 2.75) is 13.3 Å². The van der Waals surface area contributed by atoms with E-state index in [1.54, 1.807) is 11.3 Å². The molecule has 0 bridgehead atoms. The van der Waals surface area contributed by atoms with Gasteiger partial charge in [0.15, 0.2) is 0 Å². The lowest BCUT2D eigenvalue weighted by Gasteiger charge is -2.34. The fourth-order valence-electron chi connectivity index (χ4n) is 3.02. The molecule has 1 aliphatic rings. The molecule has 3 aromatic rings. The van der Waals surface area contributed by atoms with Crippen molar-refractivity contribution in [1.29, 1.82) is 0 Å². The Morgan fingerprint density at radius 2 is 1.87 bits per heavy atom. The van der Waals surface area contributed by atoms with Gasteiger partial charge in [0.2, 0.25) is 10.1 Å². The summed E-state index contributed by atoms with van der Waals surface area (Å²) in [6.45, 7) is 7.45. The summed E-state index contributed by atoms with van der Waals surface area (Å²) in [4.78, 5) is 10.4. The Morgan fingerprint density at radius 3 is 2.61 bits per heavy atom. The van der Waals surface area contributed by atoms with E-state index >= 15 is 0 Å². The monoisotopic (exact) mass is 327 g/mol. The summed E-state index contributed by atoms with van der Waals surface area (Å²) < 4.78 is 1.90. The number of rotatable bonds is 4. The molecule has 0 saturated carbocycles. The van der Waals surface area contributed by atoms with Crippen molar-refractivity contribution in [2.75, 3.05) is 37.6 Å². The number of aryl methyl sites for hydroxylation is 1. The van der Waals surface area contributed by atoms with Crippen LogP contribution >= 0.6 is 11.3 Å². The molecule has 0 amide bonds. The van der Waals surface area contributed by atoms with E-state index in [9.17, 15) is 0 Å². The van der Waals surface area contributed by atoms with Gasteiger partial charge < -0.3 is 4.90 Å². The Balaban J connectivity index is 1.32. The molecular formula is C17H21N5S. The Kier molecular flexibility index (Phi) is 4.01. The molecule has 2 aromatic heterocycles. The van der Waals surface area contributed by atoms with Crippen molar-refractivity contribution in [2.24, 2.45) is 0 Å². The molecule has 6 heteroatoms. The molecule has 1 fully saturated rings. The second-order valence-corrected chi connectivity index (χ2v) is 6.99. The summed E-state index contributed by atoms with van der Waals surface area (Å²) in [6, 6.07) is 10.7. The summed E-state index contributed by atoms with van der Waals surface area (Å²) in [5.74, 6) is 0. The first-order valence-corrected chi connectivity index (χ1v) is 8.94. The predicted octanol–water partition coefficient (Wildman–Crippen LogP) is 2.46. The Morgan fingerprint density at radius 1 is 1.09 bits per heavy atom. The van der Waals surface area contributed by atoms with Crippen LogP contribution in [0, 0.1) is 6.92 Å². The van der Waals surface area contributed by atoms with Gasteiger partial charge in [-0.05, 0) is 18.9 Å². The van der Waals surface area contributed by atoms with E-state index in [0.717, 1.165) is 54.9 Å². The maximum atomic E-state index is 4.66. The first kappa shape index (κ1) is 14.7. The highest BCUT2D eigenvalue weighted by atomic mass is 32.1. The van der Waals surface area contributed by atoms with Crippen LogP contribution in [-0.4, -0.2) is 52.2 Å². The lowest BCUT2D eigenvalue weighted by atomic mass is 10.1. The van der Waals surface area contributed by atoms with Crippen molar-refractivity contribution >= 4 is 21.4 Å². The molecule has 120 valence electrons. The summed E-state index contributed by atoms with van der Waals surface area (Å²) in [7, 11) is 0. The minimum atomic E-state index is 0.990. The smallest absolute Gasteiger partial charge is 0.214 e. The molecule has 1 aromatic carbocycles. The summed E-state index contributed by atoms with van der Waals surface area (Å²) in [5.41, 5.74) is 2.45. The number of piperazine rings is 1. The highest BCUT2D eigenvalue weighted by molar-refractivity contribution is 7.20. The van der Waals surface area contributed by atoms with Crippen LogP contribution in [-0.2, 0) is 6.42 Å². The predicted molar refractivity (Wildman–Crippen MR) is 94.4 cm³/mol. The molecule has 4 rings (SSSR count). The second kappa shape index (κ2) is 6.29. The van der Waals surface area contributed by atoms with Crippen LogP contribution in [0.2, 0.25) is 0 Å². The number of nitrogens with zero attached hydrogens (tertiary/aromatic N) is 5. The zero-order chi connectivity index (χ0) is 15.6. The summed E-state index contributed by atoms with van der Waals surface area (Å²) in [5, 5.41) is 5.75. The molecule has 0 spiro atoms. The summed E-state index contributed by atoms with van der Waals surface area (Å²) in [6.07, 6.45) is 3.12. The SMILES string of the molecule is Cc1cn2nc(N3CCN(CCc4ccccc4)CC3)sc2n1. The van der Waals surface area contributed by atoms with E-state index in [-0.39, 0.29) is 0 Å². The minimum absolute atomic E-state index is 0.990. The maximum Gasteiger partial charge on any atom is 0.214 e. The first-order valence-electron chi connectivity index (χ1n) is 8.12. The lowest BCUT2D eigenvalue weighted by molar-refractivity contribution is 0.261. The van der Waals surface area contributed by atoms with Gasteiger partial charge in [0.25, 0.3) is 0 Å². The number of hydrogen-bond acceptors (Lipinski definition) is 5. The Labute approximate surface area is 140 Å². The van der Waals surface area contributed by atoms with E-state index in [1.807, 2.05) is 17.6 Å². The lowest BCUT2D eigenvalue weighted by Crippen LogP contribution is -2.47. The van der Waals surface area contributed by atoms with Crippen LogP contribution < -0.4 is 4.90 Å². The van der Waals surface area contributed by atoms with Crippen LogP contribution in [0.15, 0.2) is 36.5 Å². The van der Waals surface area contributed by atoms with Crippen molar-refractivity contribution < 1.29 is 0 Å². The average Bonchev–Trinajstić information content (AvgIpc) is 3.12. The van der Waals surface area contributed by atoms with Gasteiger partial charge >= 0.3 is 0 Å². The van der Waals surface area contributed by atoms with Gasteiger partial charge in [0.1, 0.15) is 0 Å². The van der Waals surface area contributed by atoms with E-state index in [0.29, 0.717) is 0 Å². The third-order valence-corrected chi connectivity index (χ3v) is 5.34. The number of anilines is 1. The fraction of sp³-hybridized carbons (Fsp3) is 0.412. The van der Waals surface area contributed by atoms with E-state index < -0.39 is 0 Å². The van der Waals surface area contributed by atoms with Crippen LogP contribution in [0.5, 0.6) is 0 Å². The van der Waals surface area contributed by atoms with Crippen molar-refractivity contribution in [1.82, 2.24) is 19.5 Å². The second-order valence-electron chi connectivity index (χ2n) is 6.06. The topological polar surface area (TPSA) is 36.7 Å². The molecule has 0 aliphatic carbocycles. The van der Waals surface area contributed by atoms with Crippen LogP contribution in [0.4, 0.5) is 5.13 Å². The highest BCUT2D eigenvalue weighted by Crippen LogP contribution is 2.24. The largest absolute Gasteiger partial charge is 0.344 e. The average molecular weight is 327 g/mol. The van der Waals surface area contributed by atoms with Crippen molar-refractivity contribution in [3.05, 3.63) is 47.8 Å². The molecule has 0 unspecified atom stereocenters. The maximum absolute atomic E-state index is 4.66.